The number of nitrogens with one attached hydrogen (secondary N) is 1. The Hall–Kier alpha value is -1.09. The summed E-state index contributed by atoms with van der Waals surface area (Å²) in [5, 5.41) is 2.82. The van der Waals surface area contributed by atoms with Crippen LogP contribution in [-0.4, -0.2) is 17.8 Å². The van der Waals surface area contributed by atoms with Crippen molar-refractivity contribution in [1.82, 2.24) is 5.32 Å². The van der Waals surface area contributed by atoms with Gasteiger partial charge >= 0.3 is 0 Å². The third-order valence-electron chi connectivity index (χ3n) is 2.45. The lowest BCUT2D eigenvalue weighted by molar-refractivity contribution is 0.0938. The summed E-state index contributed by atoms with van der Waals surface area (Å²) in [6.07, 6.45) is 1.68. The molecule has 94 valence electrons. The average molecular weight is 258 g/mol. The Morgan fingerprint density at radius 3 is 2.76 bits per heavy atom. The van der Waals surface area contributed by atoms with Crippen LogP contribution in [0.4, 0.5) is 4.39 Å². The summed E-state index contributed by atoms with van der Waals surface area (Å²) < 4.78 is 13.1. The molecule has 0 radical (unpaired) electrons. The maximum atomic E-state index is 13.1. The van der Waals surface area contributed by atoms with Gasteiger partial charge in [0.05, 0.1) is 0 Å². The van der Waals surface area contributed by atoms with Crippen molar-refractivity contribution in [3.05, 3.63) is 35.1 Å². The lowest BCUT2D eigenvalue weighted by atomic mass is 10.1. The first kappa shape index (κ1) is 14.0. The lowest BCUT2D eigenvalue weighted by Gasteiger charge is -2.13. The summed E-state index contributed by atoms with van der Waals surface area (Å²) in [7, 11) is 0. The van der Waals surface area contributed by atoms with Gasteiger partial charge in [-0.2, -0.15) is 0 Å². The Labute approximate surface area is 106 Å². The molecule has 0 aromatic heterocycles. The van der Waals surface area contributed by atoms with Crippen LogP contribution in [0.5, 0.6) is 0 Å². The van der Waals surface area contributed by atoms with Crippen LogP contribution in [-0.2, 0) is 0 Å². The van der Waals surface area contributed by atoms with Crippen molar-refractivity contribution in [2.75, 3.05) is 5.88 Å². The number of carbonyl (C=O) groups excluding carboxylic acids is 1. The quantitative estimate of drug-likeness (QED) is 0.806. The molecule has 0 aliphatic rings. The third kappa shape index (κ3) is 4.73. The molecule has 17 heavy (non-hydrogen) atoms. The minimum Gasteiger partial charge on any atom is -0.350 e. The Morgan fingerprint density at radius 1 is 1.47 bits per heavy atom. The molecular weight excluding hydrogens is 241 g/mol. The highest BCUT2D eigenvalue weighted by atomic mass is 35.5. The first-order valence-corrected chi connectivity index (χ1v) is 6.20. The molecule has 0 saturated heterocycles. The number of carbonyl (C=O) groups is 1. The van der Waals surface area contributed by atoms with Crippen LogP contribution in [0.25, 0.3) is 0 Å². The molecule has 1 aromatic carbocycles. The van der Waals surface area contributed by atoms with Crippen molar-refractivity contribution < 1.29 is 9.18 Å². The number of hydrogen-bond donors (Lipinski definition) is 1. The fourth-order valence-electron chi connectivity index (χ4n) is 1.63. The molecule has 1 atom stereocenters. The Balaban J connectivity index is 2.63. The molecule has 0 bridgehead atoms. The van der Waals surface area contributed by atoms with E-state index in [0.29, 0.717) is 11.4 Å². The van der Waals surface area contributed by atoms with Gasteiger partial charge in [0, 0.05) is 17.5 Å². The van der Waals surface area contributed by atoms with Gasteiger partial charge in [0.25, 0.3) is 5.91 Å². The van der Waals surface area contributed by atoms with Crippen molar-refractivity contribution in [2.45, 2.75) is 32.7 Å². The summed E-state index contributed by atoms with van der Waals surface area (Å²) in [6.45, 7) is 3.67. The number of halogens is 2. The largest absolute Gasteiger partial charge is 0.350 e. The molecule has 1 N–H and O–H groups in total. The van der Waals surface area contributed by atoms with Gasteiger partial charge in [-0.15, -0.1) is 11.6 Å². The highest BCUT2D eigenvalue weighted by Gasteiger charge is 2.10. The number of alkyl halides is 1. The molecule has 0 spiro atoms. The molecule has 1 aromatic rings. The van der Waals surface area contributed by atoms with Crippen molar-refractivity contribution in [1.29, 1.82) is 0 Å². The number of hydrogen-bond acceptors (Lipinski definition) is 1. The van der Waals surface area contributed by atoms with Crippen LogP contribution in [0.1, 0.15) is 35.7 Å². The van der Waals surface area contributed by atoms with E-state index in [4.69, 9.17) is 11.6 Å². The summed E-state index contributed by atoms with van der Waals surface area (Å²) >= 11 is 5.58. The smallest absolute Gasteiger partial charge is 0.251 e. The van der Waals surface area contributed by atoms with E-state index in [2.05, 4.69) is 5.32 Å². The van der Waals surface area contributed by atoms with Crippen LogP contribution < -0.4 is 5.32 Å². The fourth-order valence-corrected chi connectivity index (χ4v) is 1.78. The van der Waals surface area contributed by atoms with Crippen molar-refractivity contribution in [3.63, 3.8) is 0 Å². The third-order valence-corrected chi connectivity index (χ3v) is 2.72. The molecule has 0 heterocycles. The van der Waals surface area contributed by atoms with Gasteiger partial charge in [-0.05, 0) is 50.5 Å². The SMILES string of the molecule is Cc1cc(F)cc(C(=O)NC(C)CCCCl)c1. The van der Waals surface area contributed by atoms with Gasteiger partial charge < -0.3 is 5.32 Å². The highest BCUT2D eigenvalue weighted by Crippen LogP contribution is 2.09. The second-order valence-electron chi connectivity index (χ2n) is 4.22. The standard InChI is InChI=1S/C13H17ClFNO/c1-9-6-11(8-12(15)7-9)13(17)16-10(2)4-3-5-14/h6-8,10H,3-5H2,1-2H3,(H,16,17). The highest BCUT2D eigenvalue weighted by molar-refractivity contribution is 6.17. The molecule has 2 nitrogen and oxygen atoms in total. The van der Waals surface area contributed by atoms with E-state index < -0.39 is 0 Å². The van der Waals surface area contributed by atoms with E-state index in [9.17, 15) is 9.18 Å². The maximum Gasteiger partial charge on any atom is 0.251 e. The summed E-state index contributed by atoms with van der Waals surface area (Å²) in [4.78, 5) is 11.8. The fraction of sp³-hybridized carbons (Fsp3) is 0.462. The van der Waals surface area contributed by atoms with E-state index in [1.165, 1.54) is 12.1 Å². The number of amides is 1. The molecular formula is C13H17ClFNO. The summed E-state index contributed by atoms with van der Waals surface area (Å²) in [5.74, 6) is -0.0440. The number of rotatable bonds is 5. The molecule has 1 unspecified atom stereocenters. The average Bonchev–Trinajstić information content (AvgIpc) is 2.25. The molecule has 0 aliphatic heterocycles. The van der Waals surface area contributed by atoms with Crippen LogP contribution in [0.15, 0.2) is 18.2 Å². The van der Waals surface area contributed by atoms with Gasteiger partial charge in [-0.25, -0.2) is 4.39 Å². The van der Waals surface area contributed by atoms with Crippen molar-refractivity contribution >= 4 is 17.5 Å². The van der Waals surface area contributed by atoms with E-state index in [-0.39, 0.29) is 17.8 Å². The molecule has 0 fully saturated rings. The Kier molecular flexibility index (Phi) is 5.42. The minimum atomic E-state index is -0.386. The van der Waals surface area contributed by atoms with Crippen LogP contribution in [0.2, 0.25) is 0 Å². The second kappa shape index (κ2) is 6.60. The van der Waals surface area contributed by atoms with Crippen LogP contribution in [0, 0.1) is 12.7 Å². The normalized spacial score (nSPS) is 12.2. The van der Waals surface area contributed by atoms with E-state index in [0.717, 1.165) is 18.4 Å². The predicted molar refractivity (Wildman–Crippen MR) is 68.0 cm³/mol. The van der Waals surface area contributed by atoms with Crippen molar-refractivity contribution in [3.8, 4) is 0 Å². The zero-order chi connectivity index (χ0) is 12.8. The first-order chi connectivity index (χ1) is 8.02. The number of aryl methyl sites for hydroxylation is 1. The maximum absolute atomic E-state index is 13.1. The van der Waals surface area contributed by atoms with Crippen LogP contribution in [0.3, 0.4) is 0 Å². The molecule has 1 amide bonds. The Morgan fingerprint density at radius 2 is 2.18 bits per heavy atom. The molecule has 0 aliphatic carbocycles. The predicted octanol–water partition coefficient (Wildman–Crippen LogP) is 3.27. The minimum absolute atomic E-state index is 0.0461. The second-order valence-corrected chi connectivity index (χ2v) is 4.60. The first-order valence-electron chi connectivity index (χ1n) is 5.67. The van der Waals surface area contributed by atoms with E-state index in [1.807, 2.05) is 6.92 Å². The van der Waals surface area contributed by atoms with Gasteiger partial charge in [-0.1, -0.05) is 0 Å². The van der Waals surface area contributed by atoms with Gasteiger partial charge in [0.1, 0.15) is 5.82 Å². The van der Waals surface area contributed by atoms with Crippen molar-refractivity contribution in [2.24, 2.45) is 0 Å². The van der Waals surface area contributed by atoms with E-state index in [1.54, 1.807) is 13.0 Å². The van der Waals surface area contributed by atoms with Crippen LogP contribution >= 0.6 is 11.6 Å². The van der Waals surface area contributed by atoms with Gasteiger partial charge in [-0.3, -0.25) is 4.79 Å². The van der Waals surface area contributed by atoms with Gasteiger partial charge in [0.15, 0.2) is 0 Å². The Bertz CT molecular complexity index is 375. The molecule has 0 saturated carbocycles. The zero-order valence-corrected chi connectivity index (χ0v) is 10.9. The van der Waals surface area contributed by atoms with E-state index >= 15 is 0 Å². The summed E-state index contributed by atoms with van der Waals surface area (Å²) in [5.41, 5.74) is 1.10. The van der Waals surface area contributed by atoms with Gasteiger partial charge in [0.2, 0.25) is 0 Å². The zero-order valence-electron chi connectivity index (χ0n) is 10.1. The topological polar surface area (TPSA) is 29.1 Å². The number of benzene rings is 1. The lowest BCUT2D eigenvalue weighted by Crippen LogP contribution is -2.32. The molecule has 1 rings (SSSR count). The monoisotopic (exact) mass is 257 g/mol. The molecule has 4 heteroatoms. The summed E-state index contributed by atoms with van der Waals surface area (Å²) in [6, 6.07) is 4.36.